The summed E-state index contributed by atoms with van der Waals surface area (Å²) in [6, 6.07) is 96.8. The number of furan rings is 2. The predicted molar refractivity (Wildman–Crippen MR) is 320 cm³/mol. The quantitative estimate of drug-likeness (QED) is 0.142. The first kappa shape index (κ1) is 42.4. The van der Waals surface area contributed by atoms with Crippen molar-refractivity contribution in [2.45, 2.75) is 0 Å². The average molecular weight is 969 g/mol. The fraction of sp³-hybridized carbons (Fsp3) is 0. The van der Waals surface area contributed by atoms with E-state index in [0.717, 1.165) is 99.9 Å². The van der Waals surface area contributed by atoms with Gasteiger partial charge in [0.1, 0.15) is 11.2 Å². The molecule has 0 aliphatic carbocycles. The van der Waals surface area contributed by atoms with Crippen molar-refractivity contribution in [3.05, 3.63) is 267 Å². The summed E-state index contributed by atoms with van der Waals surface area (Å²) in [5.41, 5.74) is 14.1. The molecule has 354 valence electrons. The van der Waals surface area contributed by atoms with Gasteiger partial charge in [0.2, 0.25) is 0 Å². The minimum Gasteiger partial charge on any atom is -0.454 e. The van der Waals surface area contributed by atoms with Crippen LogP contribution in [0, 0.1) is 0 Å². The highest BCUT2D eigenvalue weighted by atomic mass is 16.3. The summed E-state index contributed by atoms with van der Waals surface area (Å²) in [6.45, 7) is 0. The second kappa shape index (κ2) is 16.7. The molecular formula is C72H44N2O2. The third-order valence-corrected chi connectivity index (χ3v) is 15.8. The Bertz CT molecular complexity index is 4630. The summed E-state index contributed by atoms with van der Waals surface area (Å²) < 4.78 is 13.9. The van der Waals surface area contributed by atoms with Gasteiger partial charge >= 0.3 is 0 Å². The maximum atomic E-state index is 6.93. The molecule has 0 unspecified atom stereocenters. The number of fused-ring (bicyclic) bond motifs is 8. The van der Waals surface area contributed by atoms with E-state index in [4.69, 9.17) is 8.83 Å². The van der Waals surface area contributed by atoms with Crippen molar-refractivity contribution in [1.82, 2.24) is 0 Å². The molecule has 0 saturated carbocycles. The Kier molecular flexibility index (Phi) is 9.30. The molecule has 4 nitrogen and oxygen atoms in total. The van der Waals surface area contributed by atoms with E-state index >= 15 is 0 Å². The summed E-state index contributed by atoms with van der Waals surface area (Å²) in [6.07, 6.45) is 0. The number of rotatable bonds is 8. The zero-order chi connectivity index (χ0) is 49.8. The van der Waals surface area contributed by atoms with Crippen LogP contribution in [-0.2, 0) is 0 Å². The average Bonchev–Trinajstić information content (AvgIpc) is 4.10. The second-order valence-corrected chi connectivity index (χ2v) is 19.9. The molecule has 0 spiro atoms. The molecule has 0 radical (unpaired) electrons. The Morgan fingerprint density at radius 1 is 0.224 bits per heavy atom. The Morgan fingerprint density at radius 2 is 0.579 bits per heavy atom. The number of benzene rings is 14. The van der Waals surface area contributed by atoms with E-state index in [1.54, 1.807) is 0 Å². The van der Waals surface area contributed by atoms with Crippen molar-refractivity contribution in [2.24, 2.45) is 0 Å². The smallest absolute Gasteiger partial charge is 0.159 e. The fourth-order valence-corrected chi connectivity index (χ4v) is 12.5. The van der Waals surface area contributed by atoms with Crippen LogP contribution in [0.3, 0.4) is 0 Å². The number of hydrogen-bond acceptors (Lipinski definition) is 4. The van der Waals surface area contributed by atoms with Crippen molar-refractivity contribution in [3.63, 3.8) is 0 Å². The first-order valence-electron chi connectivity index (χ1n) is 26.0. The molecule has 0 saturated heterocycles. The molecule has 0 N–H and O–H groups in total. The van der Waals surface area contributed by atoms with Gasteiger partial charge in [-0.05, 0) is 115 Å². The Balaban J connectivity index is 1.10. The van der Waals surface area contributed by atoms with Gasteiger partial charge in [-0.2, -0.15) is 0 Å². The highest BCUT2D eigenvalue weighted by Crippen LogP contribution is 2.54. The van der Waals surface area contributed by atoms with Gasteiger partial charge in [-0.25, -0.2) is 0 Å². The van der Waals surface area contributed by atoms with Crippen LogP contribution >= 0.6 is 0 Å². The zero-order valence-corrected chi connectivity index (χ0v) is 41.1. The molecular weight excluding hydrogens is 925 g/mol. The molecule has 16 aromatic rings. The SMILES string of the molecule is c1ccc(N(c2cc(-c3cccc4ccccc34)c3ccc4c(N(c5ccccc5)c5cccc6c5oc5ccccc56)cc(-c5cccc6ccccc56)c5ccc2c3c54)c2cccc3c2oc2ccccc23)cc1. The van der Waals surface area contributed by atoms with Gasteiger partial charge in [-0.3, -0.25) is 0 Å². The van der Waals surface area contributed by atoms with Gasteiger partial charge in [0.05, 0.1) is 22.7 Å². The van der Waals surface area contributed by atoms with Gasteiger partial charge in [-0.1, -0.05) is 206 Å². The van der Waals surface area contributed by atoms with E-state index in [0.29, 0.717) is 0 Å². The molecule has 0 aliphatic rings. The summed E-state index contributed by atoms with van der Waals surface area (Å²) in [4.78, 5) is 4.85. The molecule has 16 rings (SSSR count). The third kappa shape index (κ3) is 6.31. The van der Waals surface area contributed by atoms with Crippen LogP contribution in [0.1, 0.15) is 0 Å². The van der Waals surface area contributed by atoms with Crippen LogP contribution in [0.15, 0.2) is 276 Å². The minimum absolute atomic E-state index is 0.837. The summed E-state index contributed by atoms with van der Waals surface area (Å²) in [5.74, 6) is 0. The zero-order valence-electron chi connectivity index (χ0n) is 41.1. The van der Waals surface area contributed by atoms with Crippen molar-refractivity contribution >= 4 is 132 Å². The van der Waals surface area contributed by atoms with E-state index in [1.807, 2.05) is 12.1 Å². The van der Waals surface area contributed by atoms with E-state index in [9.17, 15) is 0 Å². The van der Waals surface area contributed by atoms with Crippen molar-refractivity contribution in [3.8, 4) is 22.3 Å². The topological polar surface area (TPSA) is 32.8 Å². The molecule has 4 heteroatoms. The number of hydrogen-bond donors (Lipinski definition) is 0. The first-order valence-corrected chi connectivity index (χ1v) is 26.0. The van der Waals surface area contributed by atoms with Gasteiger partial charge in [0, 0.05) is 54.5 Å². The van der Waals surface area contributed by atoms with Crippen LogP contribution in [0.4, 0.5) is 34.1 Å². The van der Waals surface area contributed by atoms with Gasteiger partial charge < -0.3 is 18.6 Å². The molecule has 0 atom stereocenters. The van der Waals surface area contributed by atoms with E-state index in [-0.39, 0.29) is 0 Å². The van der Waals surface area contributed by atoms with E-state index < -0.39 is 0 Å². The number of anilines is 6. The lowest BCUT2D eigenvalue weighted by atomic mass is 9.84. The maximum absolute atomic E-state index is 6.93. The van der Waals surface area contributed by atoms with Crippen molar-refractivity contribution in [1.29, 1.82) is 0 Å². The molecule has 2 aromatic heterocycles. The van der Waals surface area contributed by atoms with Crippen LogP contribution in [0.2, 0.25) is 0 Å². The normalized spacial score (nSPS) is 11.9. The van der Waals surface area contributed by atoms with E-state index in [2.05, 4.69) is 265 Å². The van der Waals surface area contributed by atoms with Crippen LogP contribution in [-0.4, -0.2) is 0 Å². The molecule has 0 amide bonds. The highest BCUT2D eigenvalue weighted by Gasteiger charge is 2.29. The lowest BCUT2D eigenvalue weighted by Gasteiger charge is -2.31. The van der Waals surface area contributed by atoms with E-state index in [1.165, 1.54) is 54.2 Å². The van der Waals surface area contributed by atoms with Gasteiger partial charge in [-0.15, -0.1) is 0 Å². The molecule has 2 heterocycles. The Morgan fingerprint density at radius 3 is 1.04 bits per heavy atom. The molecule has 0 fully saturated rings. The summed E-state index contributed by atoms with van der Waals surface area (Å²) >= 11 is 0. The number of para-hydroxylation sites is 6. The Hall–Kier alpha value is -10.2. The van der Waals surface area contributed by atoms with Crippen molar-refractivity contribution < 1.29 is 8.83 Å². The fourth-order valence-electron chi connectivity index (χ4n) is 12.5. The third-order valence-electron chi connectivity index (χ3n) is 15.8. The molecule has 14 aromatic carbocycles. The predicted octanol–water partition coefficient (Wildman–Crippen LogP) is 21.0. The van der Waals surface area contributed by atoms with Crippen LogP contribution in [0.25, 0.3) is 120 Å². The summed E-state index contributed by atoms with van der Waals surface area (Å²) in [7, 11) is 0. The largest absolute Gasteiger partial charge is 0.454 e. The van der Waals surface area contributed by atoms with Gasteiger partial charge in [0.25, 0.3) is 0 Å². The Labute approximate surface area is 437 Å². The molecule has 0 bridgehead atoms. The first-order chi connectivity index (χ1) is 37.7. The van der Waals surface area contributed by atoms with Crippen LogP contribution in [0.5, 0.6) is 0 Å². The highest BCUT2D eigenvalue weighted by molar-refractivity contribution is 6.34. The molecule has 76 heavy (non-hydrogen) atoms. The second-order valence-electron chi connectivity index (χ2n) is 19.9. The lowest BCUT2D eigenvalue weighted by Crippen LogP contribution is -2.12. The molecule has 0 aliphatic heterocycles. The lowest BCUT2D eigenvalue weighted by molar-refractivity contribution is 0.669. The maximum Gasteiger partial charge on any atom is 0.159 e. The monoisotopic (exact) mass is 968 g/mol. The van der Waals surface area contributed by atoms with Gasteiger partial charge in [0.15, 0.2) is 11.2 Å². The minimum atomic E-state index is 0.837. The number of nitrogens with zero attached hydrogens (tertiary/aromatic N) is 2. The van der Waals surface area contributed by atoms with Crippen molar-refractivity contribution in [2.75, 3.05) is 9.80 Å². The van der Waals surface area contributed by atoms with Crippen LogP contribution < -0.4 is 9.80 Å². The standard InChI is InChI=1S/C72H44N2O2/c1-3-23-47(24-4-1)73(63-35-17-33-57-53-29-11-13-37-67(53)75-71(57)63)65-43-61(51-31-15-21-45-19-7-9-27-49(45)51)55-40-42-60-66(44-62(56-39-41-59(65)69(55)70(56)60)52-32-16-22-46-20-8-10-28-50(46)52)74(48-25-5-2-6-26-48)64-36-18-34-58-54-30-12-14-38-68(54)76-72(58)64/h1-44H. The summed E-state index contributed by atoms with van der Waals surface area (Å²) in [5, 5.41) is 16.1.